The standard InChI is InChI=1S/C16H32N2O3/c1-8-9-10-12(13(19)17-11-15(2,3)4)18-14(20)21-16(5,6)7/h12H,8-11H2,1-7H3,(H,17,19)(H,18,20)/t12-/m1/s1. The first-order valence-corrected chi connectivity index (χ1v) is 7.72. The van der Waals surface area contributed by atoms with Gasteiger partial charge in [0.25, 0.3) is 0 Å². The third-order valence-corrected chi connectivity index (χ3v) is 2.65. The maximum atomic E-state index is 12.2. The number of amides is 2. The number of hydrogen-bond acceptors (Lipinski definition) is 3. The first-order chi connectivity index (χ1) is 9.44. The molecule has 21 heavy (non-hydrogen) atoms. The molecule has 0 radical (unpaired) electrons. The lowest BCUT2D eigenvalue weighted by Crippen LogP contribution is -2.49. The topological polar surface area (TPSA) is 67.4 Å². The monoisotopic (exact) mass is 300 g/mol. The zero-order chi connectivity index (χ0) is 16.7. The Hall–Kier alpha value is -1.26. The number of hydrogen-bond donors (Lipinski definition) is 2. The number of alkyl carbamates (subject to hydrolysis) is 1. The molecule has 124 valence electrons. The van der Waals surface area contributed by atoms with E-state index in [1.807, 2.05) is 0 Å². The van der Waals surface area contributed by atoms with Gasteiger partial charge in [-0.15, -0.1) is 0 Å². The summed E-state index contributed by atoms with van der Waals surface area (Å²) >= 11 is 0. The van der Waals surface area contributed by atoms with Crippen LogP contribution in [0, 0.1) is 5.41 Å². The van der Waals surface area contributed by atoms with Gasteiger partial charge in [0.2, 0.25) is 5.91 Å². The van der Waals surface area contributed by atoms with Crippen LogP contribution < -0.4 is 10.6 Å². The molecule has 0 aliphatic heterocycles. The van der Waals surface area contributed by atoms with Crippen molar-refractivity contribution in [1.82, 2.24) is 10.6 Å². The van der Waals surface area contributed by atoms with Crippen molar-refractivity contribution in [2.45, 2.75) is 79.4 Å². The molecule has 0 aromatic heterocycles. The Morgan fingerprint density at radius 1 is 1.10 bits per heavy atom. The van der Waals surface area contributed by atoms with E-state index in [-0.39, 0.29) is 11.3 Å². The molecule has 2 N–H and O–H groups in total. The van der Waals surface area contributed by atoms with Gasteiger partial charge in [0.1, 0.15) is 11.6 Å². The van der Waals surface area contributed by atoms with Crippen LogP contribution in [0.2, 0.25) is 0 Å². The SMILES string of the molecule is CCCC[C@@H](NC(=O)OC(C)(C)C)C(=O)NCC(C)(C)C. The van der Waals surface area contributed by atoms with Gasteiger partial charge in [0, 0.05) is 6.54 Å². The highest BCUT2D eigenvalue weighted by Gasteiger charge is 2.24. The molecule has 0 aliphatic rings. The normalized spacial score (nSPS) is 13.5. The summed E-state index contributed by atoms with van der Waals surface area (Å²) < 4.78 is 5.21. The summed E-state index contributed by atoms with van der Waals surface area (Å²) in [5, 5.41) is 5.56. The fourth-order valence-electron chi connectivity index (χ4n) is 1.60. The van der Waals surface area contributed by atoms with Crippen LogP contribution in [0.5, 0.6) is 0 Å². The van der Waals surface area contributed by atoms with Crippen molar-refractivity contribution in [3.05, 3.63) is 0 Å². The smallest absolute Gasteiger partial charge is 0.408 e. The second-order valence-electron chi connectivity index (χ2n) is 7.62. The van der Waals surface area contributed by atoms with Crippen LogP contribution >= 0.6 is 0 Å². The van der Waals surface area contributed by atoms with Gasteiger partial charge in [-0.1, -0.05) is 40.5 Å². The molecule has 0 unspecified atom stereocenters. The van der Waals surface area contributed by atoms with Gasteiger partial charge in [-0.25, -0.2) is 4.79 Å². The van der Waals surface area contributed by atoms with Gasteiger partial charge >= 0.3 is 6.09 Å². The lowest BCUT2D eigenvalue weighted by Gasteiger charge is -2.25. The average molecular weight is 300 g/mol. The molecule has 0 rings (SSSR count). The van der Waals surface area contributed by atoms with E-state index in [9.17, 15) is 9.59 Å². The van der Waals surface area contributed by atoms with E-state index in [0.29, 0.717) is 13.0 Å². The molecular weight excluding hydrogens is 268 g/mol. The van der Waals surface area contributed by atoms with Crippen molar-refractivity contribution < 1.29 is 14.3 Å². The highest BCUT2D eigenvalue weighted by Crippen LogP contribution is 2.11. The van der Waals surface area contributed by atoms with E-state index in [1.54, 1.807) is 20.8 Å². The van der Waals surface area contributed by atoms with Gasteiger partial charge in [-0.2, -0.15) is 0 Å². The van der Waals surface area contributed by atoms with Gasteiger partial charge in [-0.3, -0.25) is 4.79 Å². The first-order valence-electron chi connectivity index (χ1n) is 7.72. The molecule has 0 spiro atoms. The van der Waals surface area contributed by atoms with E-state index < -0.39 is 17.7 Å². The fraction of sp³-hybridized carbons (Fsp3) is 0.875. The Morgan fingerprint density at radius 3 is 2.10 bits per heavy atom. The van der Waals surface area contributed by atoms with Crippen LogP contribution in [-0.4, -0.2) is 30.2 Å². The highest BCUT2D eigenvalue weighted by molar-refractivity contribution is 5.85. The average Bonchev–Trinajstić information content (AvgIpc) is 2.28. The van der Waals surface area contributed by atoms with Crippen molar-refractivity contribution in [1.29, 1.82) is 0 Å². The van der Waals surface area contributed by atoms with Crippen molar-refractivity contribution in [3.8, 4) is 0 Å². The van der Waals surface area contributed by atoms with E-state index >= 15 is 0 Å². The van der Waals surface area contributed by atoms with Crippen LogP contribution in [0.25, 0.3) is 0 Å². The summed E-state index contributed by atoms with van der Waals surface area (Å²) in [7, 11) is 0. The van der Waals surface area contributed by atoms with Crippen LogP contribution in [-0.2, 0) is 9.53 Å². The molecule has 0 aliphatic carbocycles. The predicted octanol–water partition coefficient (Wildman–Crippen LogP) is 3.23. The summed E-state index contributed by atoms with van der Waals surface area (Å²) in [6, 6.07) is -0.540. The number of rotatable bonds is 6. The summed E-state index contributed by atoms with van der Waals surface area (Å²) in [4.78, 5) is 24.0. The molecule has 1 atom stereocenters. The minimum atomic E-state index is -0.568. The van der Waals surface area contributed by atoms with Crippen LogP contribution in [0.3, 0.4) is 0 Å². The zero-order valence-electron chi connectivity index (χ0n) is 14.6. The van der Waals surface area contributed by atoms with Crippen LogP contribution in [0.4, 0.5) is 4.79 Å². The molecule has 5 heteroatoms. The molecule has 5 nitrogen and oxygen atoms in total. The summed E-state index contributed by atoms with van der Waals surface area (Å²) in [5.41, 5.74) is -0.557. The molecule has 0 fully saturated rings. The summed E-state index contributed by atoms with van der Waals surface area (Å²) in [6.45, 7) is 14.2. The number of carbonyl (C=O) groups excluding carboxylic acids is 2. The third-order valence-electron chi connectivity index (χ3n) is 2.65. The molecule has 0 saturated carbocycles. The molecule has 0 heterocycles. The largest absolute Gasteiger partial charge is 0.444 e. The predicted molar refractivity (Wildman–Crippen MR) is 85.1 cm³/mol. The first kappa shape index (κ1) is 19.7. The lowest BCUT2D eigenvalue weighted by atomic mass is 9.96. The number of carbonyl (C=O) groups is 2. The Labute approximate surface area is 129 Å². The van der Waals surface area contributed by atoms with Gasteiger partial charge < -0.3 is 15.4 Å². The van der Waals surface area contributed by atoms with Gasteiger partial charge in [0.15, 0.2) is 0 Å². The lowest BCUT2D eigenvalue weighted by molar-refractivity contribution is -0.123. The van der Waals surface area contributed by atoms with Gasteiger partial charge in [-0.05, 0) is 32.6 Å². The van der Waals surface area contributed by atoms with Crippen molar-refractivity contribution in [2.75, 3.05) is 6.54 Å². The second kappa shape index (κ2) is 8.25. The van der Waals surface area contributed by atoms with E-state index in [0.717, 1.165) is 12.8 Å². The maximum absolute atomic E-state index is 12.2. The summed E-state index contributed by atoms with van der Waals surface area (Å²) in [6.07, 6.45) is 1.92. The van der Waals surface area contributed by atoms with Crippen LogP contribution in [0.1, 0.15) is 67.7 Å². The highest BCUT2D eigenvalue weighted by atomic mass is 16.6. The Bertz CT molecular complexity index is 340. The van der Waals surface area contributed by atoms with E-state index in [2.05, 4.69) is 38.3 Å². The fourth-order valence-corrected chi connectivity index (χ4v) is 1.60. The molecule has 0 aromatic carbocycles. The van der Waals surface area contributed by atoms with Crippen LogP contribution in [0.15, 0.2) is 0 Å². The van der Waals surface area contributed by atoms with E-state index in [4.69, 9.17) is 4.74 Å². The number of ether oxygens (including phenoxy) is 1. The zero-order valence-corrected chi connectivity index (χ0v) is 14.6. The van der Waals surface area contributed by atoms with Crippen molar-refractivity contribution in [2.24, 2.45) is 5.41 Å². The van der Waals surface area contributed by atoms with E-state index in [1.165, 1.54) is 0 Å². The maximum Gasteiger partial charge on any atom is 0.408 e. The Kier molecular flexibility index (Phi) is 7.75. The molecule has 0 aromatic rings. The Morgan fingerprint density at radius 2 is 1.67 bits per heavy atom. The quantitative estimate of drug-likeness (QED) is 0.791. The molecule has 2 amide bonds. The minimum Gasteiger partial charge on any atom is -0.444 e. The Balaban J connectivity index is 4.56. The third kappa shape index (κ3) is 11.1. The number of nitrogens with one attached hydrogen (secondary N) is 2. The minimum absolute atomic E-state index is 0.0108. The summed E-state index contributed by atoms with van der Waals surface area (Å²) in [5.74, 6) is -0.149. The molecular formula is C16H32N2O3. The number of unbranched alkanes of at least 4 members (excludes halogenated alkanes) is 1. The van der Waals surface area contributed by atoms with Crippen molar-refractivity contribution >= 4 is 12.0 Å². The van der Waals surface area contributed by atoms with Crippen molar-refractivity contribution in [3.63, 3.8) is 0 Å². The molecule has 0 saturated heterocycles. The second-order valence-corrected chi connectivity index (χ2v) is 7.62. The molecule has 0 bridgehead atoms. The van der Waals surface area contributed by atoms with Gasteiger partial charge in [0.05, 0.1) is 0 Å².